The van der Waals surface area contributed by atoms with Crippen LogP contribution in [0.5, 0.6) is 0 Å². The van der Waals surface area contributed by atoms with Crippen molar-refractivity contribution in [2.75, 3.05) is 0 Å². The molecular formula is Br2K2O6. The van der Waals surface area contributed by atoms with Crippen LogP contribution >= 0.6 is 0 Å². The molecule has 0 aromatic rings. The minimum absolute atomic E-state index is 0. The van der Waals surface area contributed by atoms with Gasteiger partial charge in [-0.2, -0.15) is 0 Å². The molecule has 0 aromatic carbocycles. The predicted molar refractivity (Wildman–Crippen MR) is 0 cm³/mol. The van der Waals surface area contributed by atoms with E-state index >= 15 is 0 Å². The summed E-state index contributed by atoms with van der Waals surface area (Å²) in [6.45, 7) is 0. The SMILES string of the molecule is [K+].[K+].[O-][Br+2]([O-])[O-].[O-][Br+2]([O-])[O-]. The van der Waals surface area contributed by atoms with Crippen molar-refractivity contribution in [3.05, 3.63) is 0 Å². The van der Waals surface area contributed by atoms with E-state index in [1.165, 1.54) is 0 Å². The van der Waals surface area contributed by atoms with Gasteiger partial charge in [0, 0.05) is 0 Å². The molecule has 0 aliphatic heterocycles. The Morgan fingerprint density at radius 1 is 0.500 bits per heavy atom. The van der Waals surface area contributed by atoms with Crippen LogP contribution in [0.2, 0.25) is 0 Å². The van der Waals surface area contributed by atoms with E-state index in [9.17, 15) is 0 Å². The molecular weight excluding hydrogens is 334 g/mol. The van der Waals surface area contributed by atoms with Gasteiger partial charge in [0.25, 0.3) is 0 Å². The van der Waals surface area contributed by atoms with E-state index in [-0.39, 0.29) is 103 Å². The van der Waals surface area contributed by atoms with Gasteiger partial charge < -0.3 is 25.2 Å². The van der Waals surface area contributed by atoms with Crippen molar-refractivity contribution in [3.63, 3.8) is 0 Å². The Bertz CT molecular complexity index is 29.2. The van der Waals surface area contributed by atoms with Crippen molar-refractivity contribution in [1.82, 2.24) is 0 Å². The van der Waals surface area contributed by atoms with Crippen LogP contribution in [0, 0.1) is 29.6 Å². The summed E-state index contributed by atoms with van der Waals surface area (Å²) in [4.78, 5) is 0. The first-order chi connectivity index (χ1) is 3.46. The number of hydrogen-bond acceptors (Lipinski definition) is 6. The Balaban J connectivity index is -0.0000000300. The zero-order chi connectivity index (χ0) is 7.15. The second-order valence-electron chi connectivity index (χ2n) is 0.378. The van der Waals surface area contributed by atoms with Gasteiger partial charge in [-0.15, -0.1) is 0 Å². The number of halogens is 2. The molecule has 0 atom stereocenters. The summed E-state index contributed by atoms with van der Waals surface area (Å²) in [6, 6.07) is 0. The van der Waals surface area contributed by atoms with Gasteiger partial charge in [-0.3, -0.25) is 0 Å². The quantitative estimate of drug-likeness (QED) is 0.403. The minimum atomic E-state index is -3.65. The van der Waals surface area contributed by atoms with Gasteiger partial charge in [0.1, 0.15) is 0 Å². The van der Waals surface area contributed by atoms with Crippen molar-refractivity contribution in [2.24, 2.45) is 0 Å². The van der Waals surface area contributed by atoms with Crippen LogP contribution in [0.4, 0.5) is 0 Å². The molecule has 0 aliphatic carbocycles. The van der Waals surface area contributed by atoms with Gasteiger partial charge in [0.05, 0.1) is 0 Å². The minimum Gasteiger partial charge on any atom is -0.405 e. The molecule has 0 aliphatic rings. The molecule has 10 heteroatoms. The van der Waals surface area contributed by atoms with Crippen LogP contribution in [0.15, 0.2) is 0 Å². The Labute approximate surface area is 153 Å². The zero-order valence-corrected chi connectivity index (χ0v) is 14.6. The fourth-order valence-electron chi connectivity index (χ4n) is 0. The molecule has 0 fully saturated rings. The first kappa shape index (κ1) is 23.7. The predicted octanol–water partition coefficient (Wildman–Crippen LogP) is -13.1. The molecule has 0 rings (SSSR count). The average Bonchev–Trinajstić information content (AvgIpc) is 1.25. The van der Waals surface area contributed by atoms with E-state index in [1.54, 1.807) is 0 Å². The molecule has 0 unspecified atom stereocenters. The second-order valence-corrected chi connectivity index (χ2v) is 1.96. The molecule has 6 nitrogen and oxygen atoms in total. The summed E-state index contributed by atoms with van der Waals surface area (Å²) < 4.78 is 51.1. The van der Waals surface area contributed by atoms with E-state index < -0.39 is 29.6 Å². The summed E-state index contributed by atoms with van der Waals surface area (Å²) in [6.07, 6.45) is 0. The monoisotopic (exact) mass is 332 g/mol. The Hall–Kier alpha value is 3.99. The molecule has 52 valence electrons. The number of rotatable bonds is 0. The second kappa shape index (κ2) is 18.7. The molecule has 0 N–H and O–H groups in total. The molecule has 0 amide bonds. The Morgan fingerprint density at radius 3 is 0.500 bits per heavy atom. The largest absolute Gasteiger partial charge is 1.00 e. The third-order valence-corrected chi connectivity index (χ3v) is 0. The smallest absolute Gasteiger partial charge is 0.405 e. The Morgan fingerprint density at radius 2 is 0.500 bits per heavy atom. The van der Waals surface area contributed by atoms with Crippen LogP contribution in [-0.4, -0.2) is 0 Å². The van der Waals surface area contributed by atoms with Crippen LogP contribution in [-0.2, 0) is 0 Å². The van der Waals surface area contributed by atoms with E-state index in [0.717, 1.165) is 0 Å². The summed E-state index contributed by atoms with van der Waals surface area (Å²) >= 11 is -7.29. The van der Waals surface area contributed by atoms with E-state index in [1.807, 2.05) is 0 Å². The maximum atomic E-state index is 8.52. The maximum absolute atomic E-state index is 8.52. The van der Waals surface area contributed by atoms with Gasteiger partial charge in [-0.1, -0.05) is 0 Å². The summed E-state index contributed by atoms with van der Waals surface area (Å²) in [7, 11) is 0. The summed E-state index contributed by atoms with van der Waals surface area (Å²) in [5, 5.41) is 0. The molecule has 0 heterocycles. The van der Waals surface area contributed by atoms with Gasteiger partial charge in [0.2, 0.25) is 29.6 Å². The molecule has 0 saturated carbocycles. The van der Waals surface area contributed by atoms with Crippen LogP contribution in [0.3, 0.4) is 0 Å². The van der Waals surface area contributed by atoms with Crippen molar-refractivity contribution >= 4 is 0 Å². The van der Waals surface area contributed by atoms with Crippen molar-refractivity contribution in [3.8, 4) is 0 Å². The van der Waals surface area contributed by atoms with Gasteiger partial charge >= 0.3 is 103 Å². The van der Waals surface area contributed by atoms with E-state index in [0.29, 0.717) is 0 Å². The molecule has 0 radical (unpaired) electrons. The van der Waals surface area contributed by atoms with Gasteiger partial charge in [-0.25, -0.2) is 0 Å². The third-order valence-electron chi connectivity index (χ3n) is 0. The topological polar surface area (TPSA) is 138 Å². The molecule has 0 aromatic heterocycles. The van der Waals surface area contributed by atoms with Crippen molar-refractivity contribution in [1.29, 1.82) is 0 Å². The number of hydrogen-bond donors (Lipinski definition) is 0. The van der Waals surface area contributed by atoms with Crippen LogP contribution < -0.4 is 128 Å². The van der Waals surface area contributed by atoms with Crippen molar-refractivity contribution < 1.29 is 158 Å². The summed E-state index contributed by atoms with van der Waals surface area (Å²) in [5.74, 6) is 0. The van der Waals surface area contributed by atoms with E-state index in [4.69, 9.17) is 25.2 Å². The van der Waals surface area contributed by atoms with Gasteiger partial charge in [-0.05, 0) is 0 Å². The van der Waals surface area contributed by atoms with E-state index in [2.05, 4.69) is 0 Å². The third kappa shape index (κ3) is 90.9. The van der Waals surface area contributed by atoms with Crippen LogP contribution in [0.1, 0.15) is 0 Å². The molecule has 10 heavy (non-hydrogen) atoms. The first-order valence-corrected chi connectivity index (χ1v) is 4.81. The fourth-order valence-corrected chi connectivity index (χ4v) is 0. The molecule has 0 spiro atoms. The standard InChI is InChI=1S/2BrO3.2K/c2*2-1(3)4;;/q2*-1;2*+1. The first-order valence-electron chi connectivity index (χ1n) is 0.926. The van der Waals surface area contributed by atoms with Crippen LogP contribution in [0.25, 0.3) is 0 Å². The summed E-state index contributed by atoms with van der Waals surface area (Å²) in [5.41, 5.74) is 0. The Kier molecular flexibility index (Phi) is 44.3. The zero-order valence-electron chi connectivity index (χ0n) is 5.21. The molecule has 0 saturated heterocycles. The van der Waals surface area contributed by atoms with Crippen molar-refractivity contribution in [2.45, 2.75) is 0 Å². The maximum Gasteiger partial charge on any atom is 1.00 e. The fraction of sp³-hybridized carbons (Fsp3) is 0. The average molecular weight is 334 g/mol. The van der Waals surface area contributed by atoms with Gasteiger partial charge in [0.15, 0.2) is 0 Å². The normalized spacial score (nSPS) is 7.20. The molecule has 0 bridgehead atoms.